The molecular weight excluding hydrogens is 372 g/mol. The Morgan fingerprint density at radius 1 is 0.258 bits per heavy atom. The first-order chi connectivity index (χ1) is 15.4. The van der Waals surface area contributed by atoms with Gasteiger partial charge in [-0.3, -0.25) is 0 Å². The molecule has 0 aliphatic carbocycles. The van der Waals surface area contributed by atoms with Gasteiger partial charge in [-0.25, -0.2) is 0 Å². The van der Waals surface area contributed by atoms with Gasteiger partial charge in [0.15, 0.2) is 0 Å². The fourth-order valence-electron chi connectivity index (χ4n) is 4.76. The molecule has 31 heavy (non-hydrogen) atoms. The summed E-state index contributed by atoms with van der Waals surface area (Å²) in [6, 6.07) is 0. The molecule has 0 bridgehead atoms. The molecule has 0 aliphatic rings. The molecule has 0 aromatic carbocycles. The van der Waals surface area contributed by atoms with Crippen molar-refractivity contribution < 1.29 is 0 Å². The third kappa shape index (κ3) is 30.0. The Labute approximate surface area is 200 Å². The summed E-state index contributed by atoms with van der Waals surface area (Å²) in [6.45, 7) is 4.61. The van der Waals surface area contributed by atoms with Crippen molar-refractivity contribution in [3.63, 3.8) is 0 Å². The largest absolute Gasteiger partial charge is 0.0654 e. The highest BCUT2D eigenvalue weighted by Gasteiger charge is 1.96. The molecule has 187 valence electrons. The van der Waals surface area contributed by atoms with Gasteiger partial charge in [0.25, 0.3) is 0 Å². The molecule has 0 saturated carbocycles. The van der Waals surface area contributed by atoms with Gasteiger partial charge in [0.2, 0.25) is 0 Å². The fourth-order valence-corrected chi connectivity index (χ4v) is 4.76. The minimum Gasteiger partial charge on any atom is -0.0654 e. The predicted octanol–water partition coefficient (Wildman–Crippen LogP) is 12.2. The summed E-state index contributed by atoms with van der Waals surface area (Å²) < 4.78 is 0. The van der Waals surface area contributed by atoms with Crippen molar-refractivity contribution in [3.8, 4) is 0 Å². The highest BCUT2D eigenvalue weighted by molar-refractivity contribution is 4.64. The number of unbranched alkanes of at least 4 members (excludes halogenated alkanes) is 28. The van der Waals surface area contributed by atoms with E-state index in [1.54, 1.807) is 0 Å². The van der Waals surface area contributed by atoms with Crippen LogP contribution in [-0.4, -0.2) is 0 Å². The average Bonchev–Trinajstić information content (AvgIpc) is 2.78. The van der Waals surface area contributed by atoms with E-state index in [0.717, 1.165) is 0 Å². The van der Waals surface area contributed by atoms with Gasteiger partial charge in [-0.1, -0.05) is 194 Å². The maximum atomic E-state index is 2.58. The molecule has 0 amide bonds. The van der Waals surface area contributed by atoms with Crippen LogP contribution in [-0.2, 0) is 0 Å². The van der Waals surface area contributed by atoms with Gasteiger partial charge < -0.3 is 0 Å². The van der Waals surface area contributed by atoms with E-state index < -0.39 is 0 Å². The van der Waals surface area contributed by atoms with Crippen molar-refractivity contribution in [2.24, 2.45) is 0 Å². The molecule has 0 heteroatoms. The summed E-state index contributed by atoms with van der Waals surface area (Å²) in [6.07, 6.45) is 43.4. The van der Waals surface area contributed by atoms with Gasteiger partial charge in [-0.2, -0.15) is 0 Å². The maximum absolute atomic E-state index is 2.58. The van der Waals surface area contributed by atoms with E-state index in [9.17, 15) is 0 Å². The second-order valence-corrected chi connectivity index (χ2v) is 10.4. The van der Waals surface area contributed by atoms with E-state index in [1.807, 2.05) is 0 Å². The molecule has 0 aliphatic heterocycles. The van der Waals surface area contributed by atoms with Crippen molar-refractivity contribution in [1.82, 2.24) is 0 Å². The molecule has 0 saturated heterocycles. The van der Waals surface area contributed by atoms with Gasteiger partial charge >= 0.3 is 0 Å². The van der Waals surface area contributed by atoms with E-state index in [4.69, 9.17) is 0 Å². The first-order valence-electron chi connectivity index (χ1n) is 15.2. The lowest BCUT2D eigenvalue weighted by atomic mass is 10.0. The molecule has 0 rings (SSSR count). The third-order valence-corrected chi connectivity index (χ3v) is 7.02. The first kappa shape index (κ1) is 31.0. The van der Waals surface area contributed by atoms with Crippen molar-refractivity contribution in [2.75, 3.05) is 0 Å². The molecule has 0 aromatic heterocycles. The number of hydrogen-bond acceptors (Lipinski definition) is 0. The van der Waals surface area contributed by atoms with Crippen LogP contribution in [0.2, 0.25) is 0 Å². The summed E-state index contributed by atoms with van der Waals surface area (Å²) in [5.41, 5.74) is 0. The van der Waals surface area contributed by atoms with Gasteiger partial charge in [0.1, 0.15) is 0 Å². The molecule has 0 unspecified atom stereocenters. The van der Waals surface area contributed by atoms with E-state index in [0.29, 0.717) is 0 Å². The van der Waals surface area contributed by atoms with Gasteiger partial charge in [-0.15, -0.1) is 0 Å². The highest BCUT2D eigenvalue weighted by Crippen LogP contribution is 2.16. The molecule has 0 aromatic rings. The van der Waals surface area contributed by atoms with Crippen LogP contribution in [0, 0.1) is 6.42 Å². The Hall–Kier alpha value is 0. The molecule has 0 fully saturated rings. The normalized spacial score (nSPS) is 11.4. The average molecular weight is 436 g/mol. The Bertz CT molecular complexity index is 254. The van der Waals surface area contributed by atoms with Crippen LogP contribution >= 0.6 is 0 Å². The number of rotatable bonds is 28. The Kier molecular flexibility index (Phi) is 30.0. The lowest BCUT2D eigenvalue weighted by molar-refractivity contribution is 0.528. The van der Waals surface area contributed by atoms with E-state index in [-0.39, 0.29) is 0 Å². The zero-order valence-corrected chi connectivity index (χ0v) is 22.4. The van der Waals surface area contributed by atoms with Crippen molar-refractivity contribution in [2.45, 2.75) is 194 Å². The molecule has 0 heterocycles. The van der Waals surface area contributed by atoms with Crippen LogP contribution in [0.4, 0.5) is 0 Å². The molecule has 1 radical (unpaired) electrons. The topological polar surface area (TPSA) is 0 Å². The van der Waals surface area contributed by atoms with Crippen molar-refractivity contribution in [1.29, 1.82) is 0 Å². The van der Waals surface area contributed by atoms with Crippen LogP contribution in [0.1, 0.15) is 194 Å². The monoisotopic (exact) mass is 435 g/mol. The van der Waals surface area contributed by atoms with Crippen LogP contribution in [0.3, 0.4) is 0 Å². The lowest BCUT2D eigenvalue weighted by Crippen LogP contribution is -1.85. The minimum atomic E-state index is 1.37. The fraction of sp³-hybridized carbons (Fsp3) is 0.968. The minimum absolute atomic E-state index is 1.37. The Morgan fingerprint density at radius 3 is 0.677 bits per heavy atom. The molecule has 0 nitrogen and oxygen atoms in total. The molecule has 0 N–H and O–H groups in total. The quantitative estimate of drug-likeness (QED) is 0.107. The summed E-state index contributed by atoms with van der Waals surface area (Å²) >= 11 is 0. The zero-order valence-electron chi connectivity index (χ0n) is 22.4. The summed E-state index contributed by atoms with van der Waals surface area (Å²) in [5.74, 6) is 0. The van der Waals surface area contributed by atoms with Gasteiger partial charge in [0, 0.05) is 0 Å². The molecular formula is C31H63. The van der Waals surface area contributed by atoms with Crippen LogP contribution in [0.25, 0.3) is 0 Å². The van der Waals surface area contributed by atoms with Crippen LogP contribution in [0.5, 0.6) is 0 Å². The maximum Gasteiger partial charge on any atom is -0.0386 e. The van der Waals surface area contributed by atoms with E-state index in [1.165, 1.54) is 180 Å². The van der Waals surface area contributed by atoms with E-state index in [2.05, 4.69) is 20.3 Å². The molecule has 0 atom stereocenters. The highest BCUT2D eigenvalue weighted by atomic mass is 14.0. The van der Waals surface area contributed by atoms with E-state index >= 15 is 0 Å². The van der Waals surface area contributed by atoms with Crippen LogP contribution < -0.4 is 0 Å². The summed E-state index contributed by atoms with van der Waals surface area (Å²) in [7, 11) is 0. The van der Waals surface area contributed by atoms with Crippen molar-refractivity contribution in [3.05, 3.63) is 6.42 Å². The SMILES string of the molecule is CCCCCCCCCCCC[CH]CCCCCCCCCCCCCCCCCC. The molecule has 0 spiro atoms. The third-order valence-electron chi connectivity index (χ3n) is 7.02. The summed E-state index contributed by atoms with van der Waals surface area (Å²) in [4.78, 5) is 0. The van der Waals surface area contributed by atoms with Crippen molar-refractivity contribution >= 4 is 0 Å². The van der Waals surface area contributed by atoms with Gasteiger partial charge in [-0.05, 0) is 6.42 Å². The standard InChI is InChI=1S/C31H63/c1-3-5-7-9-11-13-15-17-19-21-23-25-27-29-31-30-28-26-24-22-20-18-16-14-12-10-8-6-4-2/h25H,3-24,26-31H2,1-2H3. The van der Waals surface area contributed by atoms with Gasteiger partial charge in [0.05, 0.1) is 0 Å². The zero-order chi connectivity index (χ0) is 22.5. The summed E-state index contributed by atoms with van der Waals surface area (Å²) in [5, 5.41) is 0. The first-order valence-corrected chi connectivity index (χ1v) is 15.2. The Balaban J connectivity index is 2.98. The smallest absolute Gasteiger partial charge is 0.0386 e. The second-order valence-electron chi connectivity index (χ2n) is 10.4. The number of hydrogen-bond donors (Lipinski definition) is 0. The van der Waals surface area contributed by atoms with Crippen LogP contribution in [0.15, 0.2) is 0 Å². The Morgan fingerprint density at radius 2 is 0.452 bits per heavy atom. The predicted molar refractivity (Wildman–Crippen MR) is 145 cm³/mol. The lowest BCUT2D eigenvalue weighted by Gasteiger charge is -2.04. The second kappa shape index (κ2) is 30.0.